The molecule has 0 spiro atoms. The summed E-state index contributed by atoms with van der Waals surface area (Å²) in [7, 11) is 2.07. The zero-order valence-electron chi connectivity index (χ0n) is 8.57. The van der Waals surface area contributed by atoms with Crippen molar-refractivity contribution >= 4 is 15.9 Å². The van der Waals surface area contributed by atoms with E-state index in [2.05, 4.69) is 52.4 Å². The molecule has 0 N–H and O–H groups in total. The Labute approximate surface area is 93.8 Å². The Hall–Kier alpha value is -0.670. The van der Waals surface area contributed by atoms with Gasteiger partial charge in [-0.05, 0) is 25.6 Å². The molecule has 76 valence electrons. The predicted molar refractivity (Wildman–Crippen MR) is 63.3 cm³/mol. The van der Waals surface area contributed by atoms with E-state index in [4.69, 9.17) is 0 Å². The second-order valence-corrected chi connectivity index (χ2v) is 4.52. The predicted octanol–water partition coefficient (Wildman–Crippen LogP) is 2.98. The van der Waals surface area contributed by atoms with Crippen LogP contribution in [-0.4, -0.2) is 23.5 Å². The molecule has 0 radical (unpaired) electrons. The molecule has 0 fully saturated rings. The highest BCUT2D eigenvalue weighted by Gasteiger charge is 2.11. The first-order chi connectivity index (χ1) is 6.61. The molecule has 0 aliphatic carbocycles. The molecule has 14 heavy (non-hydrogen) atoms. The van der Waals surface area contributed by atoms with Gasteiger partial charge in [-0.15, -0.1) is 0 Å². The zero-order valence-corrected chi connectivity index (χ0v) is 10.2. The molecule has 0 unspecified atom stereocenters. The van der Waals surface area contributed by atoms with E-state index < -0.39 is 0 Å². The third kappa shape index (κ3) is 3.24. The van der Waals surface area contributed by atoms with Crippen LogP contribution in [0.2, 0.25) is 0 Å². The van der Waals surface area contributed by atoms with Crippen LogP contribution in [-0.2, 0) is 0 Å². The van der Waals surface area contributed by atoms with Gasteiger partial charge >= 0.3 is 0 Å². The topological polar surface area (TPSA) is 16.1 Å². The highest BCUT2D eigenvalue weighted by atomic mass is 79.9. The van der Waals surface area contributed by atoms with Crippen LogP contribution in [0.3, 0.4) is 0 Å². The number of rotatable bonds is 4. The zero-order chi connectivity index (χ0) is 10.6. The quantitative estimate of drug-likeness (QED) is 0.822. The van der Waals surface area contributed by atoms with E-state index in [0.717, 1.165) is 11.0 Å². The summed E-state index contributed by atoms with van der Waals surface area (Å²) in [6, 6.07) is 4.41. The average molecular weight is 255 g/mol. The molecule has 2 nitrogen and oxygen atoms in total. The lowest BCUT2D eigenvalue weighted by molar-refractivity contribution is 0.288. The minimum Gasteiger partial charge on any atom is -0.295 e. The maximum atomic E-state index is 4.11. The van der Waals surface area contributed by atoms with Crippen molar-refractivity contribution < 1.29 is 0 Å². The van der Waals surface area contributed by atoms with Gasteiger partial charge < -0.3 is 0 Å². The molecule has 1 aromatic heterocycles. The summed E-state index contributed by atoms with van der Waals surface area (Å²) in [6.07, 6.45) is 3.69. The second kappa shape index (κ2) is 5.27. The normalized spacial score (nSPS) is 12.9. The molecule has 0 aromatic carbocycles. The van der Waals surface area contributed by atoms with Crippen LogP contribution in [0, 0.1) is 0 Å². The fourth-order valence-electron chi connectivity index (χ4n) is 1.29. The first kappa shape index (κ1) is 11.4. The highest BCUT2D eigenvalue weighted by Crippen LogP contribution is 2.18. The van der Waals surface area contributed by atoms with E-state index in [1.54, 1.807) is 6.20 Å². The van der Waals surface area contributed by atoms with Crippen LogP contribution in [0.1, 0.15) is 18.5 Å². The SMILES string of the molecule is C=C(Br)CN(C)[C@H](C)c1cccnc1. The van der Waals surface area contributed by atoms with Crippen molar-refractivity contribution in [1.82, 2.24) is 9.88 Å². The van der Waals surface area contributed by atoms with Crippen LogP contribution in [0.15, 0.2) is 35.6 Å². The number of nitrogens with zero attached hydrogens (tertiary/aromatic N) is 2. The number of likely N-dealkylation sites (N-methyl/N-ethyl adjacent to an activating group) is 1. The largest absolute Gasteiger partial charge is 0.295 e. The molecule has 0 bridgehead atoms. The molecule has 3 heteroatoms. The molecule has 1 rings (SSSR count). The lowest BCUT2D eigenvalue weighted by Crippen LogP contribution is -2.23. The summed E-state index contributed by atoms with van der Waals surface area (Å²) in [5, 5.41) is 0. The third-order valence-corrected chi connectivity index (χ3v) is 2.50. The molecule has 1 atom stereocenters. The fourth-order valence-corrected chi connectivity index (χ4v) is 1.68. The Bertz CT molecular complexity index is 297. The Morgan fingerprint density at radius 3 is 2.93 bits per heavy atom. The highest BCUT2D eigenvalue weighted by molar-refractivity contribution is 9.11. The smallest absolute Gasteiger partial charge is 0.0335 e. The van der Waals surface area contributed by atoms with E-state index in [1.165, 1.54) is 5.56 Å². The number of pyridine rings is 1. The summed E-state index contributed by atoms with van der Waals surface area (Å²) < 4.78 is 0.996. The number of aromatic nitrogens is 1. The Kier molecular flexibility index (Phi) is 4.29. The summed E-state index contributed by atoms with van der Waals surface area (Å²) in [6.45, 7) is 6.83. The number of hydrogen-bond acceptors (Lipinski definition) is 2. The van der Waals surface area contributed by atoms with E-state index in [9.17, 15) is 0 Å². The first-order valence-corrected chi connectivity index (χ1v) is 5.34. The minimum absolute atomic E-state index is 0.359. The lowest BCUT2D eigenvalue weighted by Gasteiger charge is -2.24. The van der Waals surface area contributed by atoms with E-state index >= 15 is 0 Å². The molecule has 0 aliphatic heterocycles. The maximum absolute atomic E-state index is 4.11. The summed E-state index contributed by atoms with van der Waals surface area (Å²) in [4.78, 5) is 6.32. The van der Waals surface area contributed by atoms with Gasteiger partial charge in [0.2, 0.25) is 0 Å². The van der Waals surface area contributed by atoms with Crippen LogP contribution >= 0.6 is 15.9 Å². The van der Waals surface area contributed by atoms with Crippen molar-refractivity contribution in [3.05, 3.63) is 41.2 Å². The van der Waals surface area contributed by atoms with Gasteiger partial charge in [0.1, 0.15) is 0 Å². The van der Waals surface area contributed by atoms with Gasteiger partial charge in [0.15, 0.2) is 0 Å². The van der Waals surface area contributed by atoms with Crippen molar-refractivity contribution in [3.63, 3.8) is 0 Å². The summed E-state index contributed by atoms with van der Waals surface area (Å²) in [5.74, 6) is 0. The third-order valence-electron chi connectivity index (χ3n) is 2.25. The number of hydrogen-bond donors (Lipinski definition) is 0. The van der Waals surface area contributed by atoms with Crippen molar-refractivity contribution in [1.29, 1.82) is 0 Å². The number of halogens is 1. The van der Waals surface area contributed by atoms with E-state index in [1.807, 2.05) is 12.3 Å². The Balaban J connectivity index is 2.65. The van der Waals surface area contributed by atoms with Crippen LogP contribution < -0.4 is 0 Å². The van der Waals surface area contributed by atoms with E-state index in [-0.39, 0.29) is 0 Å². The van der Waals surface area contributed by atoms with Crippen LogP contribution in [0.5, 0.6) is 0 Å². The molecule has 0 amide bonds. The van der Waals surface area contributed by atoms with Gasteiger partial charge in [0.05, 0.1) is 0 Å². The van der Waals surface area contributed by atoms with Gasteiger partial charge in [-0.2, -0.15) is 0 Å². The first-order valence-electron chi connectivity index (χ1n) is 4.54. The molecule has 0 aliphatic rings. The average Bonchev–Trinajstić information content (AvgIpc) is 2.17. The van der Waals surface area contributed by atoms with Crippen LogP contribution in [0.4, 0.5) is 0 Å². The monoisotopic (exact) mass is 254 g/mol. The lowest BCUT2D eigenvalue weighted by atomic mass is 10.1. The molecule has 0 saturated heterocycles. The molecular formula is C11H15BrN2. The van der Waals surface area contributed by atoms with Gasteiger partial charge in [-0.3, -0.25) is 9.88 Å². The van der Waals surface area contributed by atoms with Crippen molar-refractivity contribution in [3.8, 4) is 0 Å². The Morgan fingerprint density at radius 1 is 1.71 bits per heavy atom. The minimum atomic E-state index is 0.359. The molecular weight excluding hydrogens is 240 g/mol. The summed E-state index contributed by atoms with van der Waals surface area (Å²) >= 11 is 3.36. The van der Waals surface area contributed by atoms with Crippen molar-refractivity contribution in [2.24, 2.45) is 0 Å². The van der Waals surface area contributed by atoms with Gasteiger partial charge in [0, 0.05) is 29.5 Å². The van der Waals surface area contributed by atoms with Gasteiger partial charge in [-0.25, -0.2) is 0 Å². The fraction of sp³-hybridized carbons (Fsp3) is 0.364. The molecule has 1 heterocycles. The second-order valence-electron chi connectivity index (χ2n) is 3.39. The molecule has 0 saturated carbocycles. The van der Waals surface area contributed by atoms with E-state index in [0.29, 0.717) is 6.04 Å². The standard InChI is InChI=1S/C11H15BrN2/c1-9(12)8-14(3)10(2)11-5-4-6-13-7-11/h4-7,10H,1,8H2,2-3H3/t10-/m1/s1. The van der Waals surface area contributed by atoms with Crippen molar-refractivity contribution in [2.45, 2.75) is 13.0 Å². The van der Waals surface area contributed by atoms with Crippen LogP contribution in [0.25, 0.3) is 0 Å². The van der Waals surface area contributed by atoms with Gasteiger partial charge in [-0.1, -0.05) is 28.6 Å². The maximum Gasteiger partial charge on any atom is 0.0335 e. The van der Waals surface area contributed by atoms with Crippen molar-refractivity contribution in [2.75, 3.05) is 13.6 Å². The van der Waals surface area contributed by atoms with Gasteiger partial charge in [0.25, 0.3) is 0 Å². The molecule has 1 aromatic rings. The summed E-state index contributed by atoms with van der Waals surface area (Å²) in [5.41, 5.74) is 1.23. The Morgan fingerprint density at radius 2 is 2.43 bits per heavy atom.